The van der Waals surface area contributed by atoms with Crippen LogP contribution in [0.25, 0.3) is 0 Å². The zero-order valence-corrected chi connectivity index (χ0v) is 16.0. The van der Waals surface area contributed by atoms with Crippen molar-refractivity contribution in [2.24, 2.45) is 0 Å². The lowest BCUT2D eigenvalue weighted by molar-refractivity contribution is -0.676. The van der Waals surface area contributed by atoms with Gasteiger partial charge in [-0.15, -0.1) is 11.3 Å². The van der Waals surface area contributed by atoms with Gasteiger partial charge in [0.1, 0.15) is 6.04 Å². The molecule has 1 heterocycles. The summed E-state index contributed by atoms with van der Waals surface area (Å²) in [5.74, 6) is 0.0523. The quantitative estimate of drug-likeness (QED) is 0.613. The summed E-state index contributed by atoms with van der Waals surface area (Å²) >= 11 is 7.61. The van der Waals surface area contributed by atoms with Crippen molar-refractivity contribution in [3.63, 3.8) is 0 Å². The highest BCUT2D eigenvalue weighted by atomic mass is 35.5. The van der Waals surface area contributed by atoms with Crippen LogP contribution in [0.2, 0.25) is 5.02 Å². The standard InChI is InChI=1S/C21H21ClN2OS/c22-18-10-8-16(9-11-18)12-13-23-20(25)15-24-21(19-7-4-14-26-19)17-5-2-1-3-6-17/h1-11,14,21,24H,12-13,15H2,(H,23,25)/p+1/t21-/m0/s1. The van der Waals surface area contributed by atoms with Gasteiger partial charge in [-0.3, -0.25) is 4.79 Å². The van der Waals surface area contributed by atoms with Crippen molar-refractivity contribution < 1.29 is 10.1 Å². The van der Waals surface area contributed by atoms with Crippen molar-refractivity contribution in [3.8, 4) is 0 Å². The van der Waals surface area contributed by atoms with Gasteiger partial charge in [0.05, 0.1) is 4.88 Å². The monoisotopic (exact) mass is 385 g/mol. The maximum absolute atomic E-state index is 12.2. The van der Waals surface area contributed by atoms with Gasteiger partial charge in [0, 0.05) is 17.1 Å². The fourth-order valence-electron chi connectivity index (χ4n) is 2.84. The van der Waals surface area contributed by atoms with Gasteiger partial charge >= 0.3 is 0 Å². The van der Waals surface area contributed by atoms with E-state index in [1.54, 1.807) is 11.3 Å². The molecule has 0 aliphatic carbocycles. The molecule has 1 atom stereocenters. The van der Waals surface area contributed by atoms with Gasteiger partial charge in [-0.2, -0.15) is 0 Å². The van der Waals surface area contributed by atoms with Crippen molar-refractivity contribution in [1.82, 2.24) is 5.32 Å². The summed E-state index contributed by atoms with van der Waals surface area (Å²) in [6, 6.07) is 22.4. The number of nitrogens with one attached hydrogen (secondary N) is 1. The zero-order valence-electron chi connectivity index (χ0n) is 14.4. The number of quaternary nitrogens is 1. The molecule has 0 aliphatic heterocycles. The average Bonchev–Trinajstić information content (AvgIpc) is 3.19. The molecule has 0 unspecified atom stereocenters. The highest BCUT2D eigenvalue weighted by molar-refractivity contribution is 7.10. The molecule has 1 amide bonds. The van der Waals surface area contributed by atoms with Crippen molar-refractivity contribution in [1.29, 1.82) is 0 Å². The number of hydrogen-bond donors (Lipinski definition) is 2. The van der Waals surface area contributed by atoms with Crippen molar-refractivity contribution >= 4 is 28.8 Å². The van der Waals surface area contributed by atoms with Crippen LogP contribution in [0.15, 0.2) is 72.1 Å². The SMILES string of the molecule is O=C(C[NH2+][C@@H](c1ccccc1)c1cccs1)NCCc1ccc(Cl)cc1. The summed E-state index contributed by atoms with van der Waals surface area (Å²) in [6.07, 6.45) is 0.802. The third-order valence-corrected chi connectivity index (χ3v) is 5.40. The summed E-state index contributed by atoms with van der Waals surface area (Å²) in [5, 5.41) is 7.90. The first-order valence-corrected chi connectivity index (χ1v) is 9.91. The van der Waals surface area contributed by atoms with E-state index < -0.39 is 0 Å². The smallest absolute Gasteiger partial charge is 0.275 e. The highest BCUT2D eigenvalue weighted by Crippen LogP contribution is 2.22. The van der Waals surface area contributed by atoms with Crippen molar-refractivity contribution in [2.75, 3.05) is 13.1 Å². The van der Waals surface area contributed by atoms with Gasteiger partial charge < -0.3 is 10.6 Å². The first-order valence-electron chi connectivity index (χ1n) is 8.65. The van der Waals surface area contributed by atoms with Crippen LogP contribution < -0.4 is 10.6 Å². The molecule has 0 aliphatic rings. The lowest BCUT2D eigenvalue weighted by Gasteiger charge is -2.14. The third-order valence-electron chi connectivity index (χ3n) is 4.20. The van der Waals surface area contributed by atoms with Gasteiger partial charge in [0.15, 0.2) is 6.54 Å². The minimum Gasteiger partial charge on any atom is -0.351 e. The molecule has 26 heavy (non-hydrogen) atoms. The number of benzene rings is 2. The van der Waals surface area contributed by atoms with Crippen LogP contribution in [0, 0.1) is 0 Å². The molecule has 0 saturated carbocycles. The molecule has 2 aromatic carbocycles. The van der Waals surface area contributed by atoms with E-state index in [-0.39, 0.29) is 11.9 Å². The van der Waals surface area contributed by atoms with E-state index in [0.29, 0.717) is 13.1 Å². The Kier molecular flexibility index (Phi) is 6.83. The molecule has 134 valence electrons. The largest absolute Gasteiger partial charge is 0.351 e. The van der Waals surface area contributed by atoms with Crippen LogP contribution in [0.3, 0.4) is 0 Å². The molecule has 5 heteroatoms. The Morgan fingerprint density at radius 3 is 2.50 bits per heavy atom. The van der Waals surface area contributed by atoms with E-state index in [0.717, 1.165) is 11.4 Å². The number of halogens is 1. The molecule has 3 N–H and O–H groups in total. The summed E-state index contributed by atoms with van der Waals surface area (Å²) in [6.45, 7) is 1.03. The molecule has 0 fully saturated rings. The number of carbonyl (C=O) groups excluding carboxylic acids is 1. The summed E-state index contributed by atoms with van der Waals surface area (Å²) in [5.41, 5.74) is 2.38. The Labute approximate surface area is 163 Å². The van der Waals surface area contributed by atoms with Crippen LogP contribution in [0.5, 0.6) is 0 Å². The Morgan fingerprint density at radius 2 is 1.81 bits per heavy atom. The second kappa shape index (κ2) is 9.53. The predicted molar refractivity (Wildman–Crippen MR) is 108 cm³/mol. The molecule has 0 radical (unpaired) electrons. The predicted octanol–water partition coefficient (Wildman–Crippen LogP) is 3.41. The Morgan fingerprint density at radius 1 is 1.04 bits per heavy atom. The lowest BCUT2D eigenvalue weighted by atomic mass is 10.1. The van der Waals surface area contributed by atoms with Crippen LogP contribution >= 0.6 is 22.9 Å². The number of hydrogen-bond acceptors (Lipinski definition) is 2. The van der Waals surface area contributed by atoms with E-state index in [4.69, 9.17) is 11.6 Å². The van der Waals surface area contributed by atoms with Gasteiger partial charge in [-0.1, -0.05) is 60.1 Å². The van der Waals surface area contributed by atoms with Crippen LogP contribution in [0.1, 0.15) is 22.0 Å². The number of amides is 1. The molecule has 0 saturated heterocycles. The topological polar surface area (TPSA) is 45.7 Å². The van der Waals surface area contributed by atoms with E-state index in [2.05, 4.69) is 40.3 Å². The third kappa shape index (κ3) is 5.43. The molecule has 1 aromatic heterocycles. The second-order valence-electron chi connectivity index (χ2n) is 6.07. The first kappa shape index (κ1) is 18.6. The molecule has 0 bridgehead atoms. The fourth-order valence-corrected chi connectivity index (χ4v) is 3.82. The van der Waals surface area contributed by atoms with Crippen LogP contribution in [-0.2, 0) is 11.2 Å². The van der Waals surface area contributed by atoms with Gasteiger partial charge in [0.2, 0.25) is 0 Å². The second-order valence-corrected chi connectivity index (χ2v) is 7.49. The summed E-state index contributed by atoms with van der Waals surface area (Å²) < 4.78 is 0. The maximum Gasteiger partial charge on any atom is 0.275 e. The van der Waals surface area contributed by atoms with Crippen molar-refractivity contribution in [3.05, 3.63) is 93.1 Å². The Hall–Kier alpha value is -2.14. The molecule has 3 nitrogen and oxygen atoms in total. The van der Waals surface area contributed by atoms with Crippen LogP contribution in [0.4, 0.5) is 0 Å². The van der Waals surface area contributed by atoms with E-state index in [9.17, 15) is 4.79 Å². The highest BCUT2D eigenvalue weighted by Gasteiger charge is 2.19. The number of thiophene rings is 1. The Balaban J connectivity index is 1.50. The van der Waals surface area contributed by atoms with Gasteiger partial charge in [-0.05, 0) is 35.6 Å². The molecule has 3 rings (SSSR count). The molecule has 0 spiro atoms. The summed E-state index contributed by atoms with van der Waals surface area (Å²) in [7, 11) is 0. The summed E-state index contributed by atoms with van der Waals surface area (Å²) in [4.78, 5) is 13.5. The van der Waals surface area contributed by atoms with Gasteiger partial charge in [0.25, 0.3) is 5.91 Å². The fraction of sp³-hybridized carbons (Fsp3) is 0.190. The Bertz CT molecular complexity index is 804. The molecular formula is C21H22ClN2OS+. The van der Waals surface area contributed by atoms with Crippen molar-refractivity contribution in [2.45, 2.75) is 12.5 Å². The van der Waals surface area contributed by atoms with E-state index >= 15 is 0 Å². The number of rotatable bonds is 8. The lowest BCUT2D eigenvalue weighted by Crippen LogP contribution is -2.87. The molecular weight excluding hydrogens is 364 g/mol. The molecule has 3 aromatic rings. The van der Waals surface area contributed by atoms with Gasteiger partial charge in [-0.25, -0.2) is 0 Å². The first-order chi connectivity index (χ1) is 12.7. The average molecular weight is 386 g/mol. The van der Waals surface area contributed by atoms with Crippen LogP contribution in [-0.4, -0.2) is 19.0 Å². The van der Waals surface area contributed by atoms with E-state index in [1.165, 1.54) is 16.0 Å². The number of nitrogens with two attached hydrogens (primary N) is 1. The van der Waals surface area contributed by atoms with E-state index in [1.807, 2.05) is 42.5 Å². The minimum absolute atomic E-state index is 0.0523. The number of carbonyl (C=O) groups is 1. The normalized spacial score (nSPS) is 11.9. The minimum atomic E-state index is 0.0523. The maximum atomic E-state index is 12.2. The zero-order chi connectivity index (χ0) is 18.2.